The minimum absolute atomic E-state index is 0. The Labute approximate surface area is 185 Å². The lowest BCUT2D eigenvalue weighted by Crippen LogP contribution is -2.40. The van der Waals surface area contributed by atoms with Crippen molar-refractivity contribution in [2.75, 3.05) is 19.6 Å². The van der Waals surface area contributed by atoms with Crippen molar-refractivity contribution in [1.82, 2.24) is 29.5 Å². The van der Waals surface area contributed by atoms with Crippen molar-refractivity contribution in [3.63, 3.8) is 0 Å². The first-order chi connectivity index (χ1) is 13.3. The van der Waals surface area contributed by atoms with Crippen LogP contribution >= 0.6 is 36.2 Å². The molecule has 2 aliphatic heterocycles. The van der Waals surface area contributed by atoms with Gasteiger partial charge in [0.15, 0.2) is 5.82 Å². The fourth-order valence-corrected chi connectivity index (χ4v) is 4.72. The highest BCUT2D eigenvalue weighted by Gasteiger charge is 2.28. The summed E-state index contributed by atoms with van der Waals surface area (Å²) in [5.41, 5.74) is 2.12. The molecule has 1 unspecified atom stereocenters. The number of piperidine rings is 1. The van der Waals surface area contributed by atoms with Crippen LogP contribution in [-0.4, -0.2) is 49.8 Å². The van der Waals surface area contributed by atoms with E-state index in [1.165, 1.54) is 17.0 Å². The van der Waals surface area contributed by atoms with Gasteiger partial charge in [0, 0.05) is 38.6 Å². The van der Waals surface area contributed by atoms with Crippen LogP contribution in [-0.2, 0) is 13.1 Å². The second kappa shape index (κ2) is 9.30. The Morgan fingerprint density at radius 2 is 2.17 bits per heavy atom. The summed E-state index contributed by atoms with van der Waals surface area (Å²) in [5, 5.41) is 10.1. The molecule has 0 radical (unpaired) electrons. The molecule has 7 nitrogen and oxygen atoms in total. The predicted molar refractivity (Wildman–Crippen MR) is 118 cm³/mol. The largest absolute Gasteiger partial charge is 0.336 e. The molecule has 2 aliphatic rings. The first-order valence-electron chi connectivity index (χ1n) is 9.43. The number of fused-ring (bicyclic) bond motifs is 1. The number of nitrogens with zero attached hydrogens (tertiary/aromatic N) is 5. The standard InChI is InChI=1S/C19H22N6OS.2ClH/c26-19(17-4-2-10-27-17)23-7-1-3-14(13-23)24-8-6-21-18(24)16-11-15-12-20-5-9-25(15)22-16;;/h2,4,6,8,10-11,14,20H,1,3,5,7,9,12-13H2;2*1H. The molecule has 1 N–H and O–H groups in total. The third kappa shape index (κ3) is 4.21. The average molecular weight is 455 g/mol. The van der Waals surface area contributed by atoms with Crippen LogP contribution in [0.5, 0.6) is 0 Å². The Kier molecular flexibility index (Phi) is 7.00. The lowest BCUT2D eigenvalue weighted by molar-refractivity contribution is 0.0685. The van der Waals surface area contributed by atoms with E-state index in [9.17, 15) is 4.79 Å². The van der Waals surface area contributed by atoms with Crippen LogP contribution in [0.1, 0.15) is 34.2 Å². The predicted octanol–water partition coefficient (Wildman–Crippen LogP) is 3.23. The van der Waals surface area contributed by atoms with Crippen molar-refractivity contribution < 1.29 is 4.79 Å². The van der Waals surface area contributed by atoms with Crippen LogP contribution in [0, 0.1) is 0 Å². The highest BCUT2D eigenvalue weighted by atomic mass is 35.5. The molecule has 3 aromatic rings. The number of halogens is 2. The zero-order chi connectivity index (χ0) is 18.2. The quantitative estimate of drug-likeness (QED) is 0.659. The van der Waals surface area contributed by atoms with E-state index in [2.05, 4.69) is 25.6 Å². The van der Waals surface area contributed by atoms with Gasteiger partial charge in [-0.1, -0.05) is 6.07 Å². The lowest BCUT2D eigenvalue weighted by atomic mass is 10.0. The normalized spacial score (nSPS) is 18.5. The minimum atomic E-state index is 0. The number of aromatic nitrogens is 4. The van der Waals surface area contributed by atoms with E-state index < -0.39 is 0 Å². The third-order valence-corrected chi connectivity index (χ3v) is 6.23. The Morgan fingerprint density at radius 1 is 1.28 bits per heavy atom. The number of imidazole rings is 1. The average Bonchev–Trinajstić information content (AvgIpc) is 3.47. The van der Waals surface area contributed by atoms with Gasteiger partial charge in [-0.15, -0.1) is 36.2 Å². The van der Waals surface area contributed by atoms with Crippen LogP contribution < -0.4 is 5.32 Å². The molecule has 1 fully saturated rings. The fraction of sp³-hybridized carbons (Fsp3) is 0.421. The Hall–Kier alpha value is -1.87. The van der Waals surface area contributed by atoms with Crippen molar-refractivity contribution in [1.29, 1.82) is 0 Å². The Balaban J connectivity index is 0.00000120. The van der Waals surface area contributed by atoms with Gasteiger partial charge in [0.25, 0.3) is 5.91 Å². The molecule has 3 aromatic heterocycles. The van der Waals surface area contributed by atoms with Gasteiger partial charge in [-0.2, -0.15) is 5.10 Å². The number of likely N-dealkylation sites (tertiary alicyclic amines) is 1. The highest BCUT2D eigenvalue weighted by Crippen LogP contribution is 2.28. The first kappa shape index (κ1) is 21.8. The molecule has 0 aliphatic carbocycles. The van der Waals surface area contributed by atoms with Gasteiger partial charge in [-0.3, -0.25) is 9.48 Å². The molecular weight excluding hydrogens is 431 g/mol. The van der Waals surface area contributed by atoms with E-state index in [-0.39, 0.29) is 36.8 Å². The Bertz CT molecular complexity index is 930. The fourth-order valence-electron chi connectivity index (χ4n) is 4.03. The zero-order valence-electron chi connectivity index (χ0n) is 15.9. The van der Waals surface area contributed by atoms with E-state index in [4.69, 9.17) is 5.10 Å². The summed E-state index contributed by atoms with van der Waals surface area (Å²) in [6, 6.07) is 6.20. The number of rotatable bonds is 3. The monoisotopic (exact) mass is 454 g/mol. The van der Waals surface area contributed by atoms with Gasteiger partial charge in [0.05, 0.1) is 23.2 Å². The molecule has 0 spiro atoms. The van der Waals surface area contributed by atoms with Crippen molar-refractivity contribution in [3.05, 3.63) is 46.5 Å². The van der Waals surface area contributed by atoms with Gasteiger partial charge < -0.3 is 14.8 Å². The van der Waals surface area contributed by atoms with Gasteiger partial charge in [-0.05, 0) is 30.4 Å². The second-order valence-corrected chi connectivity index (χ2v) is 8.05. The summed E-state index contributed by atoms with van der Waals surface area (Å²) in [5.74, 6) is 1.03. The maximum atomic E-state index is 12.8. The van der Waals surface area contributed by atoms with Gasteiger partial charge in [-0.25, -0.2) is 4.98 Å². The number of thiophene rings is 1. The molecular formula is C19H24Cl2N6OS. The lowest BCUT2D eigenvalue weighted by Gasteiger charge is -2.33. The summed E-state index contributed by atoms with van der Waals surface area (Å²) in [6.07, 6.45) is 5.91. The van der Waals surface area contributed by atoms with Crippen LogP contribution in [0.25, 0.3) is 11.5 Å². The Morgan fingerprint density at radius 3 is 2.97 bits per heavy atom. The number of carbonyl (C=O) groups is 1. The van der Waals surface area contributed by atoms with Crippen LogP contribution in [0.2, 0.25) is 0 Å². The molecule has 29 heavy (non-hydrogen) atoms. The molecule has 156 valence electrons. The molecule has 0 bridgehead atoms. The maximum Gasteiger partial charge on any atom is 0.263 e. The topological polar surface area (TPSA) is 68.0 Å². The smallest absolute Gasteiger partial charge is 0.263 e. The molecule has 5 rings (SSSR count). The summed E-state index contributed by atoms with van der Waals surface area (Å²) in [7, 11) is 0. The van der Waals surface area contributed by atoms with E-state index in [1.54, 1.807) is 0 Å². The van der Waals surface area contributed by atoms with Crippen LogP contribution in [0.4, 0.5) is 0 Å². The summed E-state index contributed by atoms with van der Waals surface area (Å²) >= 11 is 1.51. The van der Waals surface area contributed by atoms with E-state index in [0.29, 0.717) is 0 Å². The third-order valence-electron chi connectivity index (χ3n) is 5.38. The maximum absolute atomic E-state index is 12.8. The van der Waals surface area contributed by atoms with Crippen molar-refractivity contribution in [2.45, 2.75) is 32.0 Å². The minimum Gasteiger partial charge on any atom is -0.336 e. The molecule has 10 heteroatoms. The molecule has 1 saturated heterocycles. The zero-order valence-corrected chi connectivity index (χ0v) is 18.3. The van der Waals surface area contributed by atoms with Crippen molar-refractivity contribution in [3.8, 4) is 11.5 Å². The van der Waals surface area contributed by atoms with Crippen LogP contribution in [0.3, 0.4) is 0 Å². The number of hydrogen-bond acceptors (Lipinski definition) is 5. The van der Waals surface area contributed by atoms with Crippen molar-refractivity contribution in [2.24, 2.45) is 0 Å². The van der Waals surface area contributed by atoms with Gasteiger partial charge >= 0.3 is 0 Å². The first-order valence-corrected chi connectivity index (χ1v) is 10.3. The molecule has 1 atom stereocenters. The SMILES string of the molecule is Cl.Cl.O=C(c1cccs1)N1CCCC(n2ccnc2-c2cc3n(n2)CCNC3)C1. The van der Waals surface area contributed by atoms with Crippen molar-refractivity contribution >= 4 is 42.1 Å². The molecule has 0 aromatic carbocycles. The van der Waals surface area contributed by atoms with E-state index in [1.807, 2.05) is 34.8 Å². The number of nitrogens with one attached hydrogen (secondary N) is 1. The molecule has 0 saturated carbocycles. The van der Waals surface area contributed by atoms with Gasteiger partial charge in [0.1, 0.15) is 5.69 Å². The molecule has 1 amide bonds. The summed E-state index contributed by atoms with van der Waals surface area (Å²) in [6.45, 7) is 4.23. The van der Waals surface area contributed by atoms with E-state index in [0.717, 1.165) is 62.0 Å². The summed E-state index contributed by atoms with van der Waals surface area (Å²) < 4.78 is 4.27. The number of amides is 1. The van der Waals surface area contributed by atoms with E-state index >= 15 is 0 Å². The van der Waals surface area contributed by atoms with Crippen LogP contribution in [0.15, 0.2) is 36.0 Å². The highest BCUT2D eigenvalue weighted by molar-refractivity contribution is 7.12. The second-order valence-electron chi connectivity index (χ2n) is 7.10. The molecule has 5 heterocycles. The number of carbonyl (C=O) groups excluding carboxylic acids is 1. The van der Waals surface area contributed by atoms with Gasteiger partial charge in [0.2, 0.25) is 0 Å². The number of hydrogen-bond donors (Lipinski definition) is 1. The summed E-state index contributed by atoms with van der Waals surface area (Å²) in [4.78, 5) is 20.1.